The molecule has 2 aromatic rings. The first-order valence-corrected chi connectivity index (χ1v) is 7.04. The van der Waals surface area contributed by atoms with E-state index in [-0.39, 0.29) is 11.9 Å². The largest absolute Gasteiger partial charge is 0.357 e. The fourth-order valence-electron chi connectivity index (χ4n) is 3.20. The predicted octanol–water partition coefficient (Wildman–Crippen LogP) is 2.34. The number of carbonyl (C=O) groups is 1. The van der Waals surface area contributed by atoms with Crippen molar-refractivity contribution < 1.29 is 4.79 Å². The second-order valence-electron chi connectivity index (χ2n) is 5.45. The molecule has 3 heterocycles. The summed E-state index contributed by atoms with van der Waals surface area (Å²) in [7, 11) is 1.96. The smallest absolute Gasteiger partial charge is 0.270 e. The van der Waals surface area contributed by atoms with Crippen LogP contribution in [0.5, 0.6) is 0 Å². The van der Waals surface area contributed by atoms with Crippen molar-refractivity contribution >= 4 is 5.91 Å². The molecule has 0 spiro atoms. The number of hydrogen-bond donors (Lipinski definition) is 1. The first-order valence-electron chi connectivity index (χ1n) is 7.04. The third-order valence-corrected chi connectivity index (χ3v) is 4.24. The normalized spacial score (nSPS) is 18.8. The number of aryl methyl sites for hydroxylation is 2. The molecule has 106 valence electrons. The molecule has 3 rings (SSSR count). The minimum atomic E-state index is 0.0835. The molecule has 0 aromatic carbocycles. The Morgan fingerprint density at radius 3 is 2.85 bits per heavy atom. The van der Waals surface area contributed by atoms with Gasteiger partial charge in [-0.05, 0) is 38.8 Å². The first kappa shape index (κ1) is 13.0. The fraction of sp³-hybridized carbons (Fsp3) is 0.467. The molecule has 5 heteroatoms. The maximum Gasteiger partial charge on any atom is 0.270 e. The Labute approximate surface area is 118 Å². The molecule has 0 aliphatic carbocycles. The highest BCUT2D eigenvalue weighted by atomic mass is 16.2. The zero-order valence-electron chi connectivity index (χ0n) is 12.2. The van der Waals surface area contributed by atoms with Gasteiger partial charge in [-0.2, -0.15) is 5.10 Å². The van der Waals surface area contributed by atoms with Crippen molar-refractivity contribution in [3.05, 3.63) is 41.0 Å². The summed E-state index contributed by atoms with van der Waals surface area (Å²) in [5.41, 5.74) is 4.06. The highest BCUT2D eigenvalue weighted by Crippen LogP contribution is 2.36. The van der Waals surface area contributed by atoms with Gasteiger partial charge in [-0.1, -0.05) is 0 Å². The van der Waals surface area contributed by atoms with Crippen molar-refractivity contribution in [2.24, 2.45) is 7.05 Å². The van der Waals surface area contributed by atoms with E-state index < -0.39 is 0 Å². The van der Waals surface area contributed by atoms with E-state index in [1.165, 1.54) is 5.56 Å². The summed E-state index contributed by atoms with van der Waals surface area (Å²) in [6.07, 6.45) is 3.85. The van der Waals surface area contributed by atoms with Gasteiger partial charge in [0.15, 0.2) is 0 Å². The predicted molar refractivity (Wildman–Crippen MR) is 76.5 cm³/mol. The molecule has 0 radical (unpaired) electrons. The standard InChI is InChI=1S/C15H20N4O/c1-10-14(11(2)18(3)17-10)13-7-5-9-19(13)15(20)12-6-4-8-16-12/h4,6,8,13,16H,5,7,9H2,1-3H3/t13-/m1/s1. The molecule has 1 N–H and O–H groups in total. The summed E-state index contributed by atoms with van der Waals surface area (Å²) in [6, 6.07) is 3.85. The average molecular weight is 272 g/mol. The van der Waals surface area contributed by atoms with Crippen molar-refractivity contribution in [2.45, 2.75) is 32.7 Å². The fourth-order valence-corrected chi connectivity index (χ4v) is 3.20. The third-order valence-electron chi connectivity index (χ3n) is 4.24. The maximum atomic E-state index is 12.6. The topological polar surface area (TPSA) is 53.9 Å². The molecule has 1 atom stereocenters. The van der Waals surface area contributed by atoms with E-state index >= 15 is 0 Å². The number of likely N-dealkylation sites (tertiary alicyclic amines) is 1. The molecule has 1 saturated heterocycles. The third kappa shape index (κ3) is 1.94. The lowest BCUT2D eigenvalue weighted by Gasteiger charge is -2.25. The number of H-pyrrole nitrogens is 1. The second kappa shape index (κ2) is 4.81. The van der Waals surface area contributed by atoms with E-state index in [0.29, 0.717) is 5.69 Å². The minimum Gasteiger partial charge on any atom is -0.357 e. The molecule has 0 unspecified atom stereocenters. The molecule has 20 heavy (non-hydrogen) atoms. The Kier molecular flexibility index (Phi) is 3.12. The van der Waals surface area contributed by atoms with Crippen LogP contribution in [0.1, 0.15) is 46.3 Å². The van der Waals surface area contributed by atoms with E-state index in [1.54, 1.807) is 6.20 Å². The number of aromatic amines is 1. The number of amides is 1. The number of hydrogen-bond acceptors (Lipinski definition) is 2. The lowest BCUT2D eigenvalue weighted by molar-refractivity contribution is 0.0729. The van der Waals surface area contributed by atoms with Gasteiger partial charge in [-0.3, -0.25) is 9.48 Å². The Balaban J connectivity index is 1.95. The van der Waals surface area contributed by atoms with Crippen molar-refractivity contribution in [1.29, 1.82) is 0 Å². The summed E-state index contributed by atoms with van der Waals surface area (Å²) in [4.78, 5) is 17.6. The van der Waals surface area contributed by atoms with Crippen molar-refractivity contribution in [1.82, 2.24) is 19.7 Å². The molecule has 0 bridgehead atoms. The second-order valence-corrected chi connectivity index (χ2v) is 5.45. The lowest BCUT2D eigenvalue weighted by Crippen LogP contribution is -2.31. The van der Waals surface area contributed by atoms with Gasteiger partial charge in [0.05, 0.1) is 11.7 Å². The van der Waals surface area contributed by atoms with Crippen LogP contribution in [0, 0.1) is 13.8 Å². The van der Waals surface area contributed by atoms with Crippen molar-refractivity contribution in [3.63, 3.8) is 0 Å². The van der Waals surface area contributed by atoms with Crippen LogP contribution in [0.3, 0.4) is 0 Å². The van der Waals surface area contributed by atoms with Gasteiger partial charge in [0, 0.05) is 31.0 Å². The molecule has 0 saturated carbocycles. The van der Waals surface area contributed by atoms with Crippen LogP contribution >= 0.6 is 0 Å². The van der Waals surface area contributed by atoms with Crippen LogP contribution in [0.4, 0.5) is 0 Å². The van der Waals surface area contributed by atoms with Crippen LogP contribution in [0.25, 0.3) is 0 Å². The number of nitrogens with one attached hydrogen (secondary N) is 1. The zero-order valence-corrected chi connectivity index (χ0v) is 12.2. The highest BCUT2D eigenvalue weighted by molar-refractivity contribution is 5.93. The summed E-state index contributed by atoms with van der Waals surface area (Å²) in [5.74, 6) is 0.0835. The quantitative estimate of drug-likeness (QED) is 0.912. The number of nitrogens with zero attached hydrogens (tertiary/aromatic N) is 3. The molecule has 1 aliphatic heterocycles. The van der Waals surface area contributed by atoms with Gasteiger partial charge < -0.3 is 9.88 Å². The van der Waals surface area contributed by atoms with Crippen LogP contribution in [0.2, 0.25) is 0 Å². The monoisotopic (exact) mass is 272 g/mol. The first-order chi connectivity index (χ1) is 9.59. The maximum absolute atomic E-state index is 12.6. The Hall–Kier alpha value is -2.04. The van der Waals surface area contributed by atoms with Gasteiger partial charge in [-0.25, -0.2) is 0 Å². The number of aromatic nitrogens is 3. The minimum absolute atomic E-state index is 0.0835. The van der Waals surface area contributed by atoms with E-state index in [4.69, 9.17) is 0 Å². The lowest BCUT2D eigenvalue weighted by atomic mass is 10.0. The van der Waals surface area contributed by atoms with Crippen molar-refractivity contribution in [3.8, 4) is 0 Å². The molecule has 5 nitrogen and oxygen atoms in total. The zero-order chi connectivity index (χ0) is 14.3. The van der Waals surface area contributed by atoms with Crippen LogP contribution < -0.4 is 0 Å². The molecular weight excluding hydrogens is 252 g/mol. The Bertz CT molecular complexity index is 627. The molecule has 1 fully saturated rings. The molecule has 1 aliphatic rings. The molecule has 2 aromatic heterocycles. The van der Waals surface area contributed by atoms with Gasteiger partial charge in [0.1, 0.15) is 5.69 Å². The summed E-state index contributed by atoms with van der Waals surface area (Å²) in [5, 5.41) is 4.48. The summed E-state index contributed by atoms with van der Waals surface area (Å²) >= 11 is 0. The Morgan fingerprint density at radius 1 is 1.45 bits per heavy atom. The summed E-state index contributed by atoms with van der Waals surface area (Å²) in [6.45, 7) is 4.92. The van der Waals surface area contributed by atoms with Gasteiger partial charge >= 0.3 is 0 Å². The van der Waals surface area contributed by atoms with Gasteiger partial charge in [0.25, 0.3) is 5.91 Å². The van der Waals surface area contributed by atoms with Crippen LogP contribution in [-0.2, 0) is 7.05 Å². The van der Waals surface area contributed by atoms with Crippen LogP contribution in [0.15, 0.2) is 18.3 Å². The van der Waals surface area contributed by atoms with E-state index in [0.717, 1.165) is 30.8 Å². The molecule has 1 amide bonds. The highest BCUT2D eigenvalue weighted by Gasteiger charge is 2.34. The van der Waals surface area contributed by atoms with E-state index in [9.17, 15) is 4.79 Å². The summed E-state index contributed by atoms with van der Waals surface area (Å²) < 4.78 is 1.90. The van der Waals surface area contributed by atoms with E-state index in [2.05, 4.69) is 17.0 Å². The Morgan fingerprint density at radius 2 is 2.25 bits per heavy atom. The number of rotatable bonds is 2. The van der Waals surface area contributed by atoms with Gasteiger partial charge in [0.2, 0.25) is 0 Å². The van der Waals surface area contributed by atoms with Crippen LogP contribution in [-0.4, -0.2) is 32.1 Å². The number of carbonyl (C=O) groups excluding carboxylic acids is 1. The van der Waals surface area contributed by atoms with Crippen molar-refractivity contribution in [2.75, 3.05) is 6.54 Å². The van der Waals surface area contributed by atoms with Gasteiger partial charge in [-0.15, -0.1) is 0 Å². The molecular formula is C15H20N4O. The average Bonchev–Trinajstić information content (AvgIpc) is 3.12. The van der Waals surface area contributed by atoms with E-state index in [1.807, 2.05) is 35.7 Å². The SMILES string of the molecule is Cc1nn(C)c(C)c1[C@H]1CCCN1C(=O)c1ccc[nH]1.